The molecule has 1 aromatic carbocycles. The average Bonchev–Trinajstić information content (AvgIpc) is 3.37. The highest BCUT2D eigenvalue weighted by molar-refractivity contribution is 5.92. The first-order valence-electron chi connectivity index (χ1n) is 11.8. The number of hydrogen-bond acceptors (Lipinski definition) is 6. The number of carbonyl (C=O) groups excluding carboxylic acids is 1. The van der Waals surface area contributed by atoms with Crippen LogP contribution in [0.25, 0.3) is 0 Å². The Bertz CT molecular complexity index is 1030. The van der Waals surface area contributed by atoms with E-state index in [4.69, 9.17) is 18.9 Å². The van der Waals surface area contributed by atoms with Gasteiger partial charge in [-0.15, -0.1) is 0 Å². The molecule has 0 bridgehead atoms. The lowest BCUT2D eigenvalue weighted by Crippen LogP contribution is -2.43. The Kier molecular flexibility index (Phi) is 6.88. The number of hydrogen-bond donors (Lipinski definition) is 1. The Morgan fingerprint density at radius 1 is 1.23 bits per heavy atom. The lowest BCUT2D eigenvalue weighted by atomic mass is 9.94. The highest BCUT2D eigenvalue weighted by atomic mass is 19.4. The molecule has 0 unspecified atom stereocenters. The molecule has 4 heterocycles. The third-order valence-electron chi connectivity index (χ3n) is 6.48. The lowest BCUT2D eigenvalue weighted by molar-refractivity contribution is -0.176. The number of fused-ring (bicyclic) bond motifs is 2. The monoisotopic (exact) mass is 495 g/mol. The topological polar surface area (TPSA) is 83.8 Å². The Morgan fingerprint density at radius 3 is 2.83 bits per heavy atom. The van der Waals surface area contributed by atoms with Crippen molar-refractivity contribution in [1.29, 1.82) is 0 Å². The summed E-state index contributed by atoms with van der Waals surface area (Å²) in [6.45, 7) is 1.07. The summed E-state index contributed by atoms with van der Waals surface area (Å²) in [5, 5.41) is 7.35. The maximum atomic E-state index is 12.8. The molecule has 1 amide bonds. The lowest BCUT2D eigenvalue weighted by Gasteiger charge is -2.26. The molecular weight excluding hydrogens is 467 g/mol. The zero-order valence-electron chi connectivity index (χ0n) is 19.2. The van der Waals surface area contributed by atoms with Crippen molar-refractivity contribution in [3.05, 3.63) is 41.1 Å². The zero-order chi connectivity index (χ0) is 24.4. The molecule has 8 nitrogen and oxygen atoms in total. The van der Waals surface area contributed by atoms with E-state index in [2.05, 4.69) is 10.4 Å². The second-order valence-corrected chi connectivity index (χ2v) is 9.32. The molecule has 2 aromatic rings. The van der Waals surface area contributed by atoms with Gasteiger partial charge in [0.1, 0.15) is 25.1 Å². The van der Waals surface area contributed by atoms with E-state index in [1.807, 2.05) is 0 Å². The summed E-state index contributed by atoms with van der Waals surface area (Å²) in [5.41, 5.74) is 1.70. The quantitative estimate of drug-likeness (QED) is 0.635. The molecule has 35 heavy (non-hydrogen) atoms. The van der Waals surface area contributed by atoms with Gasteiger partial charge in [0.25, 0.3) is 5.91 Å². The first-order chi connectivity index (χ1) is 16.8. The summed E-state index contributed by atoms with van der Waals surface area (Å²) >= 11 is 0. The van der Waals surface area contributed by atoms with Gasteiger partial charge in [-0.3, -0.25) is 4.79 Å². The largest absolute Gasteiger partial charge is 0.491 e. The highest BCUT2D eigenvalue weighted by Crippen LogP contribution is 2.30. The van der Waals surface area contributed by atoms with E-state index in [1.54, 1.807) is 28.9 Å². The van der Waals surface area contributed by atoms with Crippen molar-refractivity contribution in [1.82, 2.24) is 15.1 Å². The smallest absolute Gasteiger partial charge is 0.411 e. The van der Waals surface area contributed by atoms with Gasteiger partial charge in [0.15, 0.2) is 5.69 Å². The van der Waals surface area contributed by atoms with Gasteiger partial charge in [-0.2, -0.15) is 18.3 Å². The van der Waals surface area contributed by atoms with Gasteiger partial charge in [0.2, 0.25) is 5.88 Å². The first kappa shape index (κ1) is 23.9. The standard InChI is InChI=1S/C24H28F3N3O5/c25-24(26,27)14-33-12-16-1-2-21-17(7-16)9-18(13-34-21)28-23(31)20-10-22-30(29-20)11-19(35-22)8-15-3-5-32-6-4-15/h1-2,7,10,15,18-19H,3-6,8-9,11-14H2,(H,28,31)/t18-,19+/m1/s1. The van der Waals surface area contributed by atoms with Gasteiger partial charge < -0.3 is 24.3 Å². The van der Waals surface area contributed by atoms with Crippen molar-refractivity contribution in [3.63, 3.8) is 0 Å². The Hall–Kier alpha value is -2.79. The minimum atomic E-state index is -4.36. The molecule has 190 valence electrons. The molecule has 1 saturated heterocycles. The van der Waals surface area contributed by atoms with Crippen LogP contribution in [-0.4, -0.2) is 60.4 Å². The van der Waals surface area contributed by atoms with Crippen LogP contribution in [0.5, 0.6) is 11.6 Å². The van der Waals surface area contributed by atoms with Crippen molar-refractivity contribution < 1.29 is 36.9 Å². The summed E-state index contributed by atoms with van der Waals surface area (Å²) in [6, 6.07) is 6.51. The van der Waals surface area contributed by atoms with Gasteiger partial charge in [0.05, 0.1) is 19.2 Å². The van der Waals surface area contributed by atoms with Crippen molar-refractivity contribution in [2.45, 2.75) is 57.2 Å². The number of rotatable bonds is 7. The normalized spacial score (nSPS) is 22.1. The third-order valence-corrected chi connectivity index (χ3v) is 6.48. The van der Waals surface area contributed by atoms with Crippen molar-refractivity contribution >= 4 is 5.91 Å². The van der Waals surface area contributed by atoms with E-state index >= 15 is 0 Å². The van der Waals surface area contributed by atoms with Crippen LogP contribution in [0.2, 0.25) is 0 Å². The molecule has 11 heteroatoms. The Balaban J connectivity index is 1.13. The number of aromatic nitrogens is 2. The summed E-state index contributed by atoms with van der Waals surface area (Å²) in [7, 11) is 0. The summed E-state index contributed by atoms with van der Waals surface area (Å²) in [6.07, 6.45) is -0.761. The molecule has 0 spiro atoms. The predicted octanol–water partition coefficient (Wildman–Crippen LogP) is 3.27. The second-order valence-electron chi connectivity index (χ2n) is 9.32. The minimum absolute atomic E-state index is 0.0651. The van der Waals surface area contributed by atoms with Crippen LogP contribution in [0.1, 0.15) is 40.9 Å². The average molecular weight is 495 g/mol. The fourth-order valence-electron chi connectivity index (χ4n) is 4.79. The van der Waals surface area contributed by atoms with Crippen LogP contribution < -0.4 is 14.8 Å². The molecule has 0 radical (unpaired) electrons. The van der Waals surface area contributed by atoms with E-state index in [-0.39, 0.29) is 30.4 Å². The number of benzene rings is 1. The number of nitrogens with zero attached hydrogens (tertiary/aromatic N) is 2. The third kappa shape index (κ3) is 6.07. The fraction of sp³-hybridized carbons (Fsp3) is 0.583. The van der Waals surface area contributed by atoms with Crippen LogP contribution >= 0.6 is 0 Å². The second kappa shape index (κ2) is 10.1. The number of halogens is 3. The van der Waals surface area contributed by atoms with Gasteiger partial charge in [0, 0.05) is 19.3 Å². The number of amides is 1. The molecule has 0 saturated carbocycles. The summed E-state index contributed by atoms with van der Waals surface area (Å²) < 4.78 is 60.6. The number of nitrogens with one attached hydrogen (secondary N) is 1. The van der Waals surface area contributed by atoms with Gasteiger partial charge >= 0.3 is 6.18 Å². The Labute approximate surface area is 200 Å². The minimum Gasteiger partial charge on any atom is -0.491 e. The molecule has 1 fully saturated rings. The van der Waals surface area contributed by atoms with E-state index in [9.17, 15) is 18.0 Å². The Morgan fingerprint density at radius 2 is 2.06 bits per heavy atom. The van der Waals surface area contributed by atoms with Crippen molar-refractivity contribution in [2.24, 2.45) is 5.92 Å². The van der Waals surface area contributed by atoms with Gasteiger partial charge in [-0.25, -0.2) is 4.68 Å². The van der Waals surface area contributed by atoms with Crippen LogP contribution in [0, 0.1) is 5.92 Å². The van der Waals surface area contributed by atoms with E-state index in [1.165, 1.54) is 0 Å². The van der Waals surface area contributed by atoms with Crippen LogP contribution in [0.4, 0.5) is 13.2 Å². The van der Waals surface area contributed by atoms with Crippen molar-refractivity contribution in [2.75, 3.05) is 26.4 Å². The molecule has 1 aromatic heterocycles. The molecule has 0 aliphatic carbocycles. The van der Waals surface area contributed by atoms with Crippen LogP contribution in [0.3, 0.4) is 0 Å². The SMILES string of the molecule is O=C(N[C@H]1COc2ccc(COCC(F)(F)F)cc2C1)c1cc2n(n1)C[C@H](CC1CCOCC1)O2. The fourth-order valence-corrected chi connectivity index (χ4v) is 4.79. The van der Waals surface area contributed by atoms with Crippen molar-refractivity contribution in [3.8, 4) is 11.6 Å². The first-order valence-corrected chi connectivity index (χ1v) is 11.8. The molecular formula is C24H28F3N3O5. The predicted molar refractivity (Wildman–Crippen MR) is 117 cm³/mol. The molecule has 5 rings (SSSR count). The highest BCUT2D eigenvalue weighted by Gasteiger charge is 2.31. The molecule has 3 aliphatic heterocycles. The molecule has 2 atom stereocenters. The van der Waals surface area contributed by atoms with E-state index in [0.717, 1.165) is 38.0 Å². The van der Waals surface area contributed by atoms with Gasteiger partial charge in [-0.05, 0) is 54.9 Å². The number of carbonyl (C=O) groups is 1. The number of alkyl halides is 3. The summed E-state index contributed by atoms with van der Waals surface area (Å²) in [4.78, 5) is 12.8. The van der Waals surface area contributed by atoms with E-state index in [0.29, 0.717) is 42.7 Å². The maximum Gasteiger partial charge on any atom is 0.411 e. The van der Waals surface area contributed by atoms with Crippen LogP contribution in [-0.2, 0) is 29.0 Å². The number of ether oxygens (including phenoxy) is 4. The molecule has 1 N–H and O–H groups in total. The van der Waals surface area contributed by atoms with Crippen LogP contribution in [0.15, 0.2) is 24.3 Å². The zero-order valence-corrected chi connectivity index (χ0v) is 19.2. The molecule has 3 aliphatic rings. The van der Waals surface area contributed by atoms with Gasteiger partial charge in [-0.1, -0.05) is 6.07 Å². The van der Waals surface area contributed by atoms with E-state index < -0.39 is 12.8 Å². The maximum absolute atomic E-state index is 12.8. The summed E-state index contributed by atoms with van der Waals surface area (Å²) in [5.74, 6) is 1.52.